The van der Waals surface area contributed by atoms with Crippen molar-refractivity contribution in [3.63, 3.8) is 0 Å². The van der Waals surface area contributed by atoms with Crippen molar-refractivity contribution in [2.45, 2.75) is 24.6 Å². The number of carbonyl (C=O) groups excluding carboxylic acids is 1. The van der Waals surface area contributed by atoms with Gasteiger partial charge >= 0.3 is 5.97 Å². The zero-order valence-electron chi connectivity index (χ0n) is 8.04. The number of amides is 1. The lowest BCUT2D eigenvalue weighted by molar-refractivity contribution is -0.148. The molecular formula is C8H14N2O4S. The first-order valence-corrected chi connectivity index (χ1v) is 5.18. The summed E-state index contributed by atoms with van der Waals surface area (Å²) in [4.78, 5) is 23.5. The fourth-order valence-electron chi connectivity index (χ4n) is 1.58. The molecule has 0 bridgehead atoms. The summed E-state index contributed by atoms with van der Waals surface area (Å²) >= 11 is 3.87. The Kier molecular flexibility index (Phi) is 3.95. The van der Waals surface area contributed by atoms with E-state index in [4.69, 9.17) is 10.8 Å². The molecule has 1 fully saturated rings. The summed E-state index contributed by atoms with van der Waals surface area (Å²) in [5, 5.41) is 18.1. The molecule has 86 valence electrons. The molecule has 1 heterocycles. The van der Waals surface area contributed by atoms with Gasteiger partial charge in [0.05, 0.1) is 12.1 Å². The van der Waals surface area contributed by atoms with Crippen LogP contribution in [0.2, 0.25) is 0 Å². The third-order valence-corrected chi connectivity index (χ3v) is 2.75. The molecule has 0 unspecified atom stereocenters. The van der Waals surface area contributed by atoms with Crippen molar-refractivity contribution in [3.8, 4) is 0 Å². The Morgan fingerprint density at radius 2 is 2.20 bits per heavy atom. The highest BCUT2D eigenvalue weighted by Crippen LogP contribution is 2.18. The van der Waals surface area contributed by atoms with Gasteiger partial charge in [0.1, 0.15) is 6.04 Å². The van der Waals surface area contributed by atoms with Gasteiger partial charge in [-0.1, -0.05) is 0 Å². The predicted octanol–water partition coefficient (Wildman–Crippen LogP) is -1.71. The molecule has 0 aromatic rings. The van der Waals surface area contributed by atoms with Gasteiger partial charge in [0, 0.05) is 18.7 Å². The smallest absolute Gasteiger partial charge is 0.326 e. The lowest BCUT2D eigenvalue weighted by Crippen LogP contribution is -2.49. The molecule has 1 aliphatic rings. The van der Waals surface area contributed by atoms with E-state index in [0.717, 1.165) is 4.90 Å². The molecule has 15 heavy (non-hydrogen) atoms. The maximum atomic E-state index is 11.6. The zero-order valence-corrected chi connectivity index (χ0v) is 8.93. The monoisotopic (exact) mass is 234 g/mol. The summed E-state index contributed by atoms with van der Waals surface area (Å²) in [5.74, 6) is -1.45. The highest BCUT2D eigenvalue weighted by Gasteiger charge is 2.40. The van der Waals surface area contributed by atoms with Crippen LogP contribution in [0, 0.1) is 0 Å². The minimum Gasteiger partial charge on any atom is -0.480 e. The topological polar surface area (TPSA) is 104 Å². The van der Waals surface area contributed by atoms with Crippen LogP contribution >= 0.6 is 12.6 Å². The third kappa shape index (κ3) is 2.61. The normalized spacial score (nSPS) is 27.8. The molecule has 0 aromatic heterocycles. The second-order valence-corrected chi connectivity index (χ2v) is 3.89. The number of nitrogens with zero attached hydrogens (tertiary/aromatic N) is 1. The van der Waals surface area contributed by atoms with Crippen LogP contribution in [0.4, 0.5) is 0 Å². The number of nitrogens with two attached hydrogens (primary N) is 1. The lowest BCUT2D eigenvalue weighted by atomic mass is 10.2. The van der Waals surface area contributed by atoms with Crippen molar-refractivity contribution in [2.24, 2.45) is 5.73 Å². The van der Waals surface area contributed by atoms with E-state index in [1.807, 2.05) is 0 Å². The molecule has 6 nitrogen and oxygen atoms in total. The number of β-amino-alcohol motifs (C(OH)–C–C–N with tert-alkyl or cyclic N) is 1. The number of thiol groups is 1. The Balaban J connectivity index is 2.75. The van der Waals surface area contributed by atoms with Crippen molar-refractivity contribution >= 4 is 24.5 Å². The fourth-order valence-corrected chi connectivity index (χ4v) is 1.74. The Bertz CT molecular complexity index is 273. The summed E-state index contributed by atoms with van der Waals surface area (Å²) in [5.41, 5.74) is 5.46. The number of carbonyl (C=O) groups is 2. The van der Waals surface area contributed by atoms with Crippen molar-refractivity contribution < 1.29 is 19.8 Å². The Labute approximate surface area is 92.5 Å². The molecular weight excluding hydrogens is 220 g/mol. The van der Waals surface area contributed by atoms with Crippen LogP contribution in [0.3, 0.4) is 0 Å². The molecule has 1 rings (SSSR count). The first-order valence-electron chi connectivity index (χ1n) is 4.55. The Hall–Kier alpha value is -0.790. The van der Waals surface area contributed by atoms with Gasteiger partial charge in [0.2, 0.25) is 5.91 Å². The van der Waals surface area contributed by atoms with E-state index in [2.05, 4.69) is 12.6 Å². The SMILES string of the molecule is N[C@@H](CS)C(=O)N1C[C@H](O)C[C@H]1C(=O)O. The van der Waals surface area contributed by atoms with Gasteiger partial charge in [-0.3, -0.25) is 4.79 Å². The van der Waals surface area contributed by atoms with Crippen molar-refractivity contribution in [3.05, 3.63) is 0 Å². The van der Waals surface area contributed by atoms with E-state index in [0.29, 0.717) is 0 Å². The van der Waals surface area contributed by atoms with Crippen LogP contribution in [0.1, 0.15) is 6.42 Å². The van der Waals surface area contributed by atoms with E-state index in [-0.39, 0.29) is 18.7 Å². The van der Waals surface area contributed by atoms with Gasteiger partial charge in [0.25, 0.3) is 0 Å². The van der Waals surface area contributed by atoms with Crippen LogP contribution in [0.15, 0.2) is 0 Å². The van der Waals surface area contributed by atoms with Crippen LogP contribution in [-0.2, 0) is 9.59 Å². The number of aliphatic hydroxyl groups excluding tert-OH is 1. The standard InChI is InChI=1S/C8H14N2O4S/c9-5(3-15)7(12)10-2-4(11)1-6(10)8(13)14/h4-6,11,15H,1-3,9H2,(H,13,14)/t4-,5+,6+/m1/s1. The van der Waals surface area contributed by atoms with E-state index in [9.17, 15) is 14.7 Å². The van der Waals surface area contributed by atoms with Crippen molar-refractivity contribution in [1.82, 2.24) is 4.90 Å². The van der Waals surface area contributed by atoms with Gasteiger partial charge in [-0.05, 0) is 0 Å². The molecule has 1 aliphatic heterocycles. The molecule has 3 atom stereocenters. The first kappa shape index (κ1) is 12.3. The van der Waals surface area contributed by atoms with Gasteiger partial charge in [-0.15, -0.1) is 0 Å². The van der Waals surface area contributed by atoms with Crippen molar-refractivity contribution in [1.29, 1.82) is 0 Å². The fraction of sp³-hybridized carbons (Fsp3) is 0.750. The van der Waals surface area contributed by atoms with Crippen LogP contribution in [0.25, 0.3) is 0 Å². The Morgan fingerprint density at radius 3 is 2.67 bits per heavy atom. The first-order chi connectivity index (χ1) is 6.97. The second-order valence-electron chi connectivity index (χ2n) is 3.52. The number of likely N-dealkylation sites (tertiary alicyclic amines) is 1. The van der Waals surface area contributed by atoms with Crippen molar-refractivity contribution in [2.75, 3.05) is 12.3 Å². The van der Waals surface area contributed by atoms with Gasteiger partial charge in [-0.25, -0.2) is 4.79 Å². The second kappa shape index (κ2) is 4.82. The molecule has 0 saturated carbocycles. The third-order valence-electron chi connectivity index (χ3n) is 2.36. The van der Waals surface area contributed by atoms with Gasteiger partial charge < -0.3 is 20.8 Å². The van der Waals surface area contributed by atoms with E-state index in [1.165, 1.54) is 0 Å². The minimum atomic E-state index is -1.12. The largest absolute Gasteiger partial charge is 0.480 e. The maximum Gasteiger partial charge on any atom is 0.326 e. The van der Waals surface area contributed by atoms with E-state index >= 15 is 0 Å². The number of rotatable bonds is 3. The summed E-state index contributed by atoms with van der Waals surface area (Å²) in [7, 11) is 0. The lowest BCUT2D eigenvalue weighted by Gasteiger charge is -2.23. The molecule has 7 heteroatoms. The summed E-state index contributed by atoms with van der Waals surface area (Å²) in [6.45, 7) is 0.0251. The number of aliphatic carboxylic acids is 1. The Morgan fingerprint density at radius 1 is 1.60 bits per heavy atom. The molecule has 1 amide bonds. The van der Waals surface area contributed by atoms with E-state index in [1.54, 1.807) is 0 Å². The summed E-state index contributed by atoms with van der Waals surface area (Å²) in [6.07, 6.45) is -0.734. The molecule has 0 radical (unpaired) electrons. The number of hydrogen-bond acceptors (Lipinski definition) is 5. The molecule has 1 saturated heterocycles. The molecule has 0 spiro atoms. The molecule has 4 N–H and O–H groups in total. The minimum absolute atomic E-state index is 0.0251. The average Bonchev–Trinajstić information content (AvgIpc) is 2.58. The molecule has 0 aromatic carbocycles. The number of carboxylic acids is 1. The number of hydrogen-bond donors (Lipinski definition) is 4. The van der Waals surface area contributed by atoms with Gasteiger partial charge in [-0.2, -0.15) is 12.6 Å². The number of aliphatic hydroxyl groups is 1. The van der Waals surface area contributed by atoms with E-state index < -0.39 is 30.1 Å². The van der Waals surface area contributed by atoms with Crippen LogP contribution < -0.4 is 5.73 Å². The van der Waals surface area contributed by atoms with Crippen LogP contribution in [-0.4, -0.2) is 57.5 Å². The predicted molar refractivity (Wildman–Crippen MR) is 55.6 cm³/mol. The summed E-state index contributed by atoms with van der Waals surface area (Å²) in [6, 6.07) is -1.79. The highest BCUT2D eigenvalue weighted by molar-refractivity contribution is 7.80. The summed E-state index contributed by atoms with van der Waals surface area (Å²) < 4.78 is 0. The zero-order chi connectivity index (χ0) is 11.6. The average molecular weight is 234 g/mol. The number of carboxylic acid groups (broad SMARTS) is 1. The highest BCUT2D eigenvalue weighted by atomic mass is 32.1. The van der Waals surface area contributed by atoms with Crippen LogP contribution in [0.5, 0.6) is 0 Å². The quantitative estimate of drug-likeness (QED) is 0.435. The maximum absolute atomic E-state index is 11.6. The molecule has 0 aliphatic carbocycles. The van der Waals surface area contributed by atoms with Gasteiger partial charge in [0.15, 0.2) is 0 Å².